The summed E-state index contributed by atoms with van der Waals surface area (Å²) in [4.78, 5) is 27.9. The van der Waals surface area contributed by atoms with E-state index in [2.05, 4.69) is 10.3 Å². The minimum absolute atomic E-state index is 0.0892. The third-order valence-corrected chi connectivity index (χ3v) is 4.72. The van der Waals surface area contributed by atoms with Crippen molar-refractivity contribution < 1.29 is 18.7 Å². The number of nitrogens with zero attached hydrogens (tertiary/aromatic N) is 1. The standard InChI is InChI=1S/C20H20N2O4S/c1-12-7-8-18(25-12)20-22-17(11-27-20)10-19(24)26-13(2)15-5-4-6-16(9-15)21-14(3)23/h4-9,11,13H,10H2,1-3H3,(H,21,23)/t13-/m0/s1. The van der Waals surface area contributed by atoms with Gasteiger partial charge in [-0.15, -0.1) is 11.3 Å². The molecule has 0 aliphatic carbocycles. The topological polar surface area (TPSA) is 81.4 Å². The predicted octanol–water partition coefficient (Wildman–Crippen LogP) is 4.52. The van der Waals surface area contributed by atoms with Crippen molar-refractivity contribution in [1.29, 1.82) is 0 Å². The van der Waals surface area contributed by atoms with Gasteiger partial charge in [0, 0.05) is 18.0 Å². The second-order valence-corrected chi connectivity index (χ2v) is 7.03. The molecule has 0 aliphatic rings. The van der Waals surface area contributed by atoms with E-state index in [-0.39, 0.29) is 18.3 Å². The zero-order chi connectivity index (χ0) is 19.4. The first-order valence-corrected chi connectivity index (χ1v) is 9.37. The monoisotopic (exact) mass is 384 g/mol. The summed E-state index contributed by atoms with van der Waals surface area (Å²) in [5.74, 6) is 1.000. The fraction of sp³-hybridized carbons (Fsp3) is 0.250. The average Bonchev–Trinajstić information content (AvgIpc) is 3.23. The predicted molar refractivity (Wildman–Crippen MR) is 104 cm³/mol. The van der Waals surface area contributed by atoms with E-state index in [1.165, 1.54) is 18.3 Å². The van der Waals surface area contributed by atoms with Crippen molar-refractivity contribution in [2.75, 3.05) is 5.32 Å². The highest BCUT2D eigenvalue weighted by molar-refractivity contribution is 7.13. The van der Waals surface area contributed by atoms with Gasteiger partial charge in [0.1, 0.15) is 11.9 Å². The Kier molecular flexibility index (Phi) is 5.71. The van der Waals surface area contributed by atoms with Crippen LogP contribution in [0.1, 0.15) is 37.0 Å². The lowest BCUT2D eigenvalue weighted by Gasteiger charge is -2.14. The molecule has 1 N–H and O–H groups in total. The zero-order valence-corrected chi connectivity index (χ0v) is 16.1. The molecule has 1 amide bonds. The molecule has 1 atom stereocenters. The Morgan fingerprint density at radius 1 is 1.30 bits per heavy atom. The number of ether oxygens (including phenoxy) is 1. The Bertz CT molecular complexity index is 960. The molecular formula is C20H20N2O4S. The minimum atomic E-state index is -0.433. The summed E-state index contributed by atoms with van der Waals surface area (Å²) in [5.41, 5.74) is 2.12. The van der Waals surface area contributed by atoms with E-state index in [9.17, 15) is 9.59 Å². The molecule has 0 saturated heterocycles. The van der Waals surface area contributed by atoms with Gasteiger partial charge >= 0.3 is 5.97 Å². The van der Waals surface area contributed by atoms with Crippen LogP contribution in [0, 0.1) is 6.92 Å². The number of rotatable bonds is 6. The fourth-order valence-electron chi connectivity index (χ4n) is 2.58. The summed E-state index contributed by atoms with van der Waals surface area (Å²) in [5, 5.41) is 5.28. The maximum absolute atomic E-state index is 12.3. The quantitative estimate of drug-likeness (QED) is 0.632. The van der Waals surface area contributed by atoms with Gasteiger partial charge < -0.3 is 14.5 Å². The minimum Gasteiger partial charge on any atom is -0.459 e. The van der Waals surface area contributed by atoms with Gasteiger partial charge in [-0.25, -0.2) is 4.98 Å². The molecule has 2 aromatic heterocycles. The smallest absolute Gasteiger partial charge is 0.312 e. The largest absolute Gasteiger partial charge is 0.459 e. The summed E-state index contributed by atoms with van der Waals surface area (Å²) < 4.78 is 11.1. The van der Waals surface area contributed by atoms with Gasteiger partial charge in [0.2, 0.25) is 5.91 Å². The van der Waals surface area contributed by atoms with E-state index in [4.69, 9.17) is 9.15 Å². The van der Waals surface area contributed by atoms with E-state index in [0.29, 0.717) is 17.1 Å². The van der Waals surface area contributed by atoms with Crippen LogP contribution in [0.3, 0.4) is 0 Å². The average molecular weight is 384 g/mol. The lowest BCUT2D eigenvalue weighted by Crippen LogP contribution is -2.12. The van der Waals surface area contributed by atoms with Crippen LogP contribution in [0.2, 0.25) is 0 Å². The number of amides is 1. The third-order valence-electron chi connectivity index (χ3n) is 3.81. The number of esters is 1. The molecule has 0 spiro atoms. The maximum atomic E-state index is 12.3. The first kappa shape index (κ1) is 18.8. The van der Waals surface area contributed by atoms with Crippen molar-refractivity contribution in [2.45, 2.75) is 33.3 Å². The van der Waals surface area contributed by atoms with Crippen LogP contribution in [0.5, 0.6) is 0 Å². The van der Waals surface area contributed by atoms with E-state index in [1.54, 1.807) is 19.1 Å². The summed E-state index contributed by atoms with van der Waals surface area (Å²) in [6.07, 6.45) is -0.344. The molecular weight excluding hydrogens is 364 g/mol. The first-order chi connectivity index (χ1) is 12.9. The van der Waals surface area contributed by atoms with Gasteiger partial charge in [-0.05, 0) is 43.7 Å². The van der Waals surface area contributed by atoms with Gasteiger partial charge in [-0.2, -0.15) is 0 Å². The number of thiazole rings is 1. The van der Waals surface area contributed by atoms with E-state index >= 15 is 0 Å². The molecule has 0 unspecified atom stereocenters. The van der Waals surface area contributed by atoms with Crippen LogP contribution < -0.4 is 5.32 Å². The van der Waals surface area contributed by atoms with Crippen LogP contribution in [0.25, 0.3) is 10.8 Å². The van der Waals surface area contributed by atoms with Gasteiger partial charge in [0.05, 0.1) is 12.1 Å². The number of nitrogens with one attached hydrogen (secondary N) is 1. The Morgan fingerprint density at radius 3 is 2.81 bits per heavy atom. The maximum Gasteiger partial charge on any atom is 0.312 e. The molecule has 1 aromatic carbocycles. The number of hydrogen-bond acceptors (Lipinski definition) is 6. The molecule has 3 rings (SSSR count). The lowest BCUT2D eigenvalue weighted by molar-refractivity contribution is -0.147. The Morgan fingerprint density at radius 2 is 2.11 bits per heavy atom. The number of carbonyl (C=O) groups excluding carboxylic acids is 2. The highest BCUT2D eigenvalue weighted by Gasteiger charge is 2.16. The van der Waals surface area contributed by atoms with E-state index in [1.807, 2.05) is 36.6 Å². The van der Waals surface area contributed by atoms with Crippen LogP contribution >= 0.6 is 11.3 Å². The second kappa shape index (κ2) is 8.18. The third kappa shape index (κ3) is 5.04. The number of aromatic nitrogens is 1. The summed E-state index contributed by atoms with van der Waals surface area (Å²) in [6, 6.07) is 11.0. The summed E-state index contributed by atoms with van der Waals surface area (Å²) in [7, 11) is 0. The number of benzene rings is 1. The molecule has 0 aliphatic heterocycles. The SMILES string of the molecule is CC(=O)Nc1cccc([C@H](C)OC(=O)Cc2csc(-c3ccc(C)o3)n2)c1. The van der Waals surface area contributed by atoms with Crippen molar-refractivity contribution in [3.8, 4) is 10.8 Å². The normalized spacial score (nSPS) is 11.8. The number of carbonyl (C=O) groups is 2. The van der Waals surface area contributed by atoms with Gasteiger partial charge in [0.15, 0.2) is 10.8 Å². The van der Waals surface area contributed by atoms with Crippen molar-refractivity contribution in [1.82, 2.24) is 4.98 Å². The van der Waals surface area contributed by atoms with Gasteiger partial charge in [-0.3, -0.25) is 9.59 Å². The number of anilines is 1. The molecule has 0 bridgehead atoms. The number of aryl methyl sites for hydroxylation is 1. The second-order valence-electron chi connectivity index (χ2n) is 6.17. The molecule has 0 saturated carbocycles. The van der Waals surface area contributed by atoms with Crippen LogP contribution in [0.4, 0.5) is 5.69 Å². The van der Waals surface area contributed by atoms with Crippen LogP contribution in [0.15, 0.2) is 46.2 Å². The Balaban J connectivity index is 1.60. The molecule has 3 aromatic rings. The number of furan rings is 1. The van der Waals surface area contributed by atoms with Crippen molar-refractivity contribution >= 4 is 28.9 Å². The summed E-state index contributed by atoms with van der Waals surface area (Å²) >= 11 is 1.43. The fourth-order valence-corrected chi connectivity index (χ4v) is 3.36. The Labute approximate surface area is 161 Å². The van der Waals surface area contributed by atoms with Crippen molar-refractivity contribution in [2.24, 2.45) is 0 Å². The molecule has 0 fully saturated rings. The number of hydrogen-bond donors (Lipinski definition) is 1. The van der Waals surface area contributed by atoms with Gasteiger partial charge in [-0.1, -0.05) is 12.1 Å². The molecule has 27 heavy (non-hydrogen) atoms. The first-order valence-electron chi connectivity index (χ1n) is 8.49. The highest BCUT2D eigenvalue weighted by atomic mass is 32.1. The Hall–Kier alpha value is -2.93. The molecule has 7 heteroatoms. The van der Waals surface area contributed by atoms with Gasteiger partial charge in [0.25, 0.3) is 0 Å². The van der Waals surface area contributed by atoms with Crippen LogP contribution in [-0.4, -0.2) is 16.9 Å². The van der Waals surface area contributed by atoms with Crippen LogP contribution in [-0.2, 0) is 20.7 Å². The van der Waals surface area contributed by atoms with E-state index in [0.717, 1.165) is 16.3 Å². The zero-order valence-electron chi connectivity index (χ0n) is 15.3. The molecule has 0 radical (unpaired) electrons. The van der Waals surface area contributed by atoms with Crippen molar-refractivity contribution in [3.05, 3.63) is 58.8 Å². The lowest BCUT2D eigenvalue weighted by atomic mass is 10.1. The summed E-state index contributed by atoms with van der Waals surface area (Å²) in [6.45, 7) is 5.11. The molecule has 6 nitrogen and oxygen atoms in total. The molecule has 140 valence electrons. The molecule has 2 heterocycles. The van der Waals surface area contributed by atoms with Crippen molar-refractivity contribution in [3.63, 3.8) is 0 Å². The van der Waals surface area contributed by atoms with E-state index < -0.39 is 6.10 Å². The highest BCUT2D eigenvalue weighted by Crippen LogP contribution is 2.26.